The maximum absolute atomic E-state index is 12.4. The van der Waals surface area contributed by atoms with Crippen molar-refractivity contribution in [2.45, 2.75) is 32.2 Å². The summed E-state index contributed by atoms with van der Waals surface area (Å²) in [5.41, 5.74) is 1.95. The summed E-state index contributed by atoms with van der Waals surface area (Å²) >= 11 is 2.81. The molecule has 0 aliphatic carbocycles. The fraction of sp³-hybridized carbons (Fsp3) is 0.238. The van der Waals surface area contributed by atoms with Gasteiger partial charge in [0.25, 0.3) is 0 Å². The summed E-state index contributed by atoms with van der Waals surface area (Å²) < 4.78 is 8.91. The van der Waals surface area contributed by atoms with E-state index in [-0.39, 0.29) is 11.7 Å². The zero-order valence-electron chi connectivity index (χ0n) is 16.7. The zero-order chi connectivity index (χ0) is 20.9. The molecule has 2 heterocycles. The van der Waals surface area contributed by atoms with Crippen LogP contribution in [0.4, 0.5) is 5.13 Å². The summed E-state index contributed by atoms with van der Waals surface area (Å²) in [6.07, 6.45) is 0. The fourth-order valence-corrected chi connectivity index (χ4v) is 4.63. The van der Waals surface area contributed by atoms with Gasteiger partial charge < -0.3 is 14.6 Å². The summed E-state index contributed by atoms with van der Waals surface area (Å²) in [7, 11) is 0. The highest BCUT2D eigenvalue weighted by atomic mass is 32.2. The Morgan fingerprint density at radius 3 is 2.77 bits per heavy atom. The predicted molar refractivity (Wildman–Crippen MR) is 120 cm³/mol. The number of anilines is 1. The van der Waals surface area contributed by atoms with Crippen LogP contribution in [0.2, 0.25) is 0 Å². The lowest BCUT2D eigenvalue weighted by Crippen LogP contribution is -2.14. The molecule has 2 aromatic carbocycles. The molecule has 0 radical (unpaired) electrons. The van der Waals surface area contributed by atoms with Crippen molar-refractivity contribution in [3.8, 4) is 5.75 Å². The van der Waals surface area contributed by atoms with Crippen LogP contribution in [0.1, 0.15) is 18.3 Å². The number of nitrogens with one attached hydrogen (secondary N) is 1. The van der Waals surface area contributed by atoms with Crippen molar-refractivity contribution in [3.05, 3.63) is 59.9 Å². The lowest BCUT2D eigenvalue weighted by atomic mass is 10.2. The summed E-state index contributed by atoms with van der Waals surface area (Å²) in [5, 5.41) is 12.6. The highest BCUT2D eigenvalue weighted by Gasteiger charge is 2.15. The van der Waals surface area contributed by atoms with Crippen molar-refractivity contribution in [2.24, 2.45) is 0 Å². The first-order valence-corrected chi connectivity index (χ1v) is 11.3. The molecule has 0 saturated heterocycles. The Morgan fingerprint density at radius 1 is 1.17 bits per heavy atom. The van der Waals surface area contributed by atoms with Gasteiger partial charge in [0.05, 0.1) is 16.0 Å². The highest BCUT2D eigenvalue weighted by Crippen LogP contribution is 2.26. The van der Waals surface area contributed by atoms with E-state index in [2.05, 4.69) is 20.5 Å². The molecule has 0 saturated carbocycles. The molecule has 4 rings (SSSR count). The Hall–Kier alpha value is -2.91. The van der Waals surface area contributed by atoms with Crippen molar-refractivity contribution in [1.82, 2.24) is 19.7 Å². The number of carbonyl (C=O) groups is 1. The van der Waals surface area contributed by atoms with E-state index in [0.717, 1.165) is 27.4 Å². The number of para-hydroxylation sites is 2. The topological polar surface area (TPSA) is 81.9 Å². The van der Waals surface area contributed by atoms with Gasteiger partial charge in [-0.3, -0.25) is 4.79 Å². The van der Waals surface area contributed by atoms with Gasteiger partial charge in [-0.15, -0.1) is 10.2 Å². The van der Waals surface area contributed by atoms with Gasteiger partial charge in [-0.1, -0.05) is 53.4 Å². The molecule has 7 nitrogen and oxygen atoms in total. The first-order chi connectivity index (χ1) is 14.6. The molecule has 0 aliphatic rings. The minimum atomic E-state index is -0.123. The first-order valence-electron chi connectivity index (χ1n) is 9.52. The summed E-state index contributed by atoms with van der Waals surface area (Å²) in [4.78, 5) is 16.8. The SMILES string of the molecule is CCn1c(COc2ccccc2C)nnc1SCC(=O)Nc1nc2ccccc2s1. The Kier molecular flexibility index (Phi) is 6.29. The Bertz CT molecular complexity index is 1140. The number of nitrogens with zero attached hydrogens (tertiary/aromatic N) is 4. The minimum Gasteiger partial charge on any atom is -0.485 e. The van der Waals surface area contributed by atoms with E-state index in [1.807, 2.05) is 66.9 Å². The van der Waals surface area contributed by atoms with Crippen LogP contribution < -0.4 is 10.1 Å². The van der Waals surface area contributed by atoms with E-state index in [1.54, 1.807) is 0 Å². The van der Waals surface area contributed by atoms with Crippen LogP contribution >= 0.6 is 23.1 Å². The van der Waals surface area contributed by atoms with Crippen molar-refractivity contribution in [2.75, 3.05) is 11.1 Å². The highest BCUT2D eigenvalue weighted by molar-refractivity contribution is 7.99. The van der Waals surface area contributed by atoms with Gasteiger partial charge in [0.2, 0.25) is 5.91 Å². The van der Waals surface area contributed by atoms with Gasteiger partial charge in [0, 0.05) is 6.54 Å². The summed E-state index contributed by atoms with van der Waals surface area (Å²) in [6, 6.07) is 15.7. The third-order valence-electron chi connectivity index (χ3n) is 4.43. The van der Waals surface area contributed by atoms with Crippen LogP contribution in [-0.2, 0) is 17.9 Å². The maximum atomic E-state index is 12.4. The molecule has 4 aromatic rings. The zero-order valence-corrected chi connectivity index (χ0v) is 18.3. The number of hydrogen-bond acceptors (Lipinski definition) is 7. The third kappa shape index (κ3) is 4.63. The van der Waals surface area contributed by atoms with E-state index in [9.17, 15) is 4.79 Å². The summed E-state index contributed by atoms with van der Waals surface area (Å²) in [6.45, 7) is 5.04. The number of amides is 1. The summed E-state index contributed by atoms with van der Waals surface area (Å²) in [5.74, 6) is 1.66. The molecular weight excluding hydrogens is 418 g/mol. The lowest BCUT2D eigenvalue weighted by Gasteiger charge is -2.10. The molecule has 30 heavy (non-hydrogen) atoms. The number of ether oxygens (including phenoxy) is 1. The number of fused-ring (bicyclic) bond motifs is 1. The predicted octanol–water partition coefficient (Wildman–Crippen LogP) is 4.53. The molecule has 0 bridgehead atoms. The van der Waals surface area contributed by atoms with Crippen LogP contribution in [0, 0.1) is 6.92 Å². The van der Waals surface area contributed by atoms with Crippen molar-refractivity contribution in [3.63, 3.8) is 0 Å². The number of rotatable bonds is 8. The van der Waals surface area contributed by atoms with Crippen LogP contribution in [0.25, 0.3) is 10.2 Å². The van der Waals surface area contributed by atoms with Crippen LogP contribution in [0.15, 0.2) is 53.7 Å². The third-order valence-corrected chi connectivity index (χ3v) is 6.35. The van der Waals surface area contributed by atoms with E-state index in [4.69, 9.17) is 4.74 Å². The number of thioether (sulfide) groups is 1. The Labute approximate surface area is 182 Å². The van der Waals surface area contributed by atoms with Crippen molar-refractivity contribution < 1.29 is 9.53 Å². The van der Waals surface area contributed by atoms with Crippen molar-refractivity contribution in [1.29, 1.82) is 0 Å². The number of thiazole rings is 1. The van der Waals surface area contributed by atoms with E-state index in [1.165, 1.54) is 23.1 Å². The van der Waals surface area contributed by atoms with E-state index in [0.29, 0.717) is 23.4 Å². The number of benzene rings is 2. The Morgan fingerprint density at radius 2 is 1.97 bits per heavy atom. The molecule has 0 fully saturated rings. The van der Waals surface area contributed by atoms with Gasteiger partial charge in [-0.2, -0.15) is 0 Å². The minimum absolute atomic E-state index is 0.123. The van der Waals surface area contributed by atoms with Gasteiger partial charge >= 0.3 is 0 Å². The second-order valence-corrected chi connectivity index (χ2v) is 8.49. The fourth-order valence-electron chi connectivity index (χ4n) is 2.92. The smallest absolute Gasteiger partial charge is 0.236 e. The molecule has 0 spiro atoms. The molecule has 1 amide bonds. The van der Waals surface area contributed by atoms with Crippen LogP contribution in [0.3, 0.4) is 0 Å². The van der Waals surface area contributed by atoms with Crippen LogP contribution in [0.5, 0.6) is 5.75 Å². The average Bonchev–Trinajstić information content (AvgIpc) is 3.34. The van der Waals surface area contributed by atoms with E-state index >= 15 is 0 Å². The number of aromatic nitrogens is 4. The first kappa shape index (κ1) is 20.4. The molecule has 9 heteroatoms. The molecule has 0 unspecified atom stereocenters. The second kappa shape index (κ2) is 9.27. The maximum Gasteiger partial charge on any atom is 0.236 e. The van der Waals surface area contributed by atoms with Gasteiger partial charge in [0.15, 0.2) is 16.1 Å². The quantitative estimate of drug-likeness (QED) is 0.406. The molecule has 154 valence electrons. The average molecular weight is 440 g/mol. The molecule has 0 aliphatic heterocycles. The molecule has 0 atom stereocenters. The molecule has 1 N–H and O–H groups in total. The number of carbonyl (C=O) groups excluding carboxylic acids is 1. The standard InChI is InChI=1S/C21H21N5O2S2/c1-3-26-18(12-28-16-10-6-4-8-14(16)2)24-25-21(26)29-13-19(27)23-20-22-15-9-5-7-11-17(15)30-20/h4-11H,3,12-13H2,1-2H3,(H,22,23,27). The normalized spacial score (nSPS) is 11.0. The second-order valence-electron chi connectivity index (χ2n) is 6.52. The van der Waals surface area contributed by atoms with Gasteiger partial charge in [0.1, 0.15) is 12.4 Å². The van der Waals surface area contributed by atoms with Crippen molar-refractivity contribution >= 4 is 44.4 Å². The molecule has 2 aromatic heterocycles. The number of aryl methyl sites for hydroxylation is 1. The van der Waals surface area contributed by atoms with Gasteiger partial charge in [-0.05, 0) is 37.6 Å². The largest absolute Gasteiger partial charge is 0.485 e. The van der Waals surface area contributed by atoms with E-state index < -0.39 is 0 Å². The number of hydrogen-bond donors (Lipinski definition) is 1. The molecular formula is C21H21N5O2S2. The lowest BCUT2D eigenvalue weighted by molar-refractivity contribution is -0.113. The van der Waals surface area contributed by atoms with Gasteiger partial charge in [-0.25, -0.2) is 4.98 Å². The monoisotopic (exact) mass is 439 g/mol. The van der Waals surface area contributed by atoms with Crippen LogP contribution in [-0.4, -0.2) is 31.4 Å². The Balaban J connectivity index is 1.36.